The maximum Gasteiger partial charge on any atom is 0.314 e. The molecule has 0 aliphatic carbocycles. The Balaban J connectivity index is 0. The molecule has 4 aromatic heterocycles. The molecule has 0 bridgehead atoms. The van der Waals surface area contributed by atoms with Crippen LogP contribution in [0.2, 0.25) is 0 Å². The number of hydrogen-bond acceptors (Lipinski definition) is 6. The van der Waals surface area contributed by atoms with E-state index in [0.717, 1.165) is 0 Å². The number of rotatable bonds is 0. The molecule has 12 heteroatoms. The lowest BCUT2D eigenvalue weighted by atomic mass is 10.5. The monoisotopic (exact) mass is 480 g/mol. The van der Waals surface area contributed by atoms with E-state index in [2.05, 4.69) is 19.9 Å². The lowest BCUT2D eigenvalue weighted by Crippen LogP contribution is -1.58. The lowest BCUT2D eigenvalue weighted by Gasteiger charge is -1.70. The van der Waals surface area contributed by atoms with Gasteiger partial charge in [-0.25, -0.2) is 0 Å². The van der Waals surface area contributed by atoms with Crippen molar-refractivity contribution in [3.8, 4) is 0 Å². The Bertz CT molecular complexity index is 615. The van der Waals surface area contributed by atoms with Gasteiger partial charge in [-0.3, -0.25) is 29.1 Å². The van der Waals surface area contributed by atoms with Gasteiger partial charge in [-0.2, -0.15) is 0 Å². The van der Waals surface area contributed by atoms with E-state index >= 15 is 0 Å². The van der Waals surface area contributed by atoms with Crippen molar-refractivity contribution >= 4 is 16.5 Å². The first-order chi connectivity index (χ1) is 15.5. The van der Waals surface area contributed by atoms with E-state index in [0.29, 0.717) is 0 Å². The fraction of sp³-hybridized carbons (Fsp3) is 0. The molecule has 0 aromatic carbocycles. The summed E-state index contributed by atoms with van der Waals surface area (Å²) in [5, 5.41) is 0. The molecule has 10 nitrogen and oxygen atoms in total. The third-order valence-corrected chi connectivity index (χ3v) is 2.27. The molecule has 4 heterocycles. The van der Waals surface area contributed by atoms with Gasteiger partial charge >= 0.3 is 16.5 Å². The van der Waals surface area contributed by atoms with Crippen LogP contribution in [0, 0.1) is 0 Å². The second-order valence-corrected chi connectivity index (χ2v) is 5.79. The molecule has 172 valence electrons. The summed E-state index contributed by atoms with van der Waals surface area (Å²) < 4.78 is 17.5. The van der Waals surface area contributed by atoms with Gasteiger partial charge in [0.2, 0.25) is 0 Å². The van der Waals surface area contributed by atoms with Gasteiger partial charge in [-0.1, -0.05) is 24.3 Å². The van der Waals surface area contributed by atoms with Crippen molar-refractivity contribution in [3.63, 3.8) is 0 Å². The summed E-state index contributed by atoms with van der Waals surface area (Å²) in [7, 11) is -6.26. The summed E-state index contributed by atoms with van der Waals surface area (Å²) in [5.74, 6) is 0. The van der Waals surface area contributed by atoms with Crippen LogP contribution >= 0.6 is 16.5 Å². The van der Waals surface area contributed by atoms with Crippen LogP contribution in [0.25, 0.3) is 0 Å². The number of hydrogen-bond donors (Lipinski definition) is 4. The first kappa shape index (κ1) is 31.1. The molecular formula is C20H26N4O6P2. The first-order valence-electron chi connectivity index (χ1n) is 8.70. The minimum absolute atomic E-state index is 1.75. The van der Waals surface area contributed by atoms with Crippen LogP contribution in [0.15, 0.2) is 122 Å². The van der Waals surface area contributed by atoms with Crippen molar-refractivity contribution in [3.05, 3.63) is 122 Å². The topological polar surface area (TPSA) is 167 Å². The van der Waals surface area contributed by atoms with Gasteiger partial charge in [0.15, 0.2) is 0 Å². The van der Waals surface area contributed by atoms with E-state index in [1.54, 1.807) is 49.6 Å². The predicted molar refractivity (Wildman–Crippen MR) is 124 cm³/mol. The van der Waals surface area contributed by atoms with Crippen molar-refractivity contribution in [1.29, 1.82) is 0 Å². The predicted octanol–water partition coefficient (Wildman–Crippen LogP) is 3.05. The van der Waals surface area contributed by atoms with Crippen LogP contribution < -0.4 is 0 Å². The van der Waals surface area contributed by atoms with Gasteiger partial charge < -0.3 is 19.6 Å². The quantitative estimate of drug-likeness (QED) is 0.275. The zero-order valence-corrected chi connectivity index (χ0v) is 18.9. The molecule has 0 amide bonds. The average Bonchev–Trinajstić information content (AvgIpc) is 2.84. The van der Waals surface area contributed by atoms with E-state index in [4.69, 9.17) is 28.7 Å². The molecule has 4 aromatic rings. The molecule has 0 aliphatic rings. The van der Waals surface area contributed by atoms with Crippen molar-refractivity contribution in [2.45, 2.75) is 0 Å². The van der Waals surface area contributed by atoms with Crippen molar-refractivity contribution in [2.24, 2.45) is 0 Å². The maximum absolute atomic E-state index is 8.74. The molecular weight excluding hydrogens is 454 g/mol. The Morgan fingerprint density at radius 1 is 0.344 bits per heavy atom. The molecule has 0 radical (unpaired) electrons. The molecule has 0 spiro atoms. The zero-order valence-electron chi connectivity index (χ0n) is 16.9. The van der Waals surface area contributed by atoms with E-state index < -0.39 is 16.5 Å². The third kappa shape index (κ3) is 41.3. The number of aromatic nitrogens is 4. The highest BCUT2D eigenvalue weighted by atomic mass is 31.1. The van der Waals surface area contributed by atoms with Crippen molar-refractivity contribution in [1.82, 2.24) is 19.9 Å². The SMILES string of the molecule is O=[PH](O)O.O=[PH](O)O.c1ccncc1.c1ccncc1.c1ccncc1.c1ccncc1. The third-order valence-electron chi connectivity index (χ3n) is 2.27. The Kier molecular flexibility index (Phi) is 27.1. The molecule has 0 saturated heterocycles. The van der Waals surface area contributed by atoms with Gasteiger partial charge in [-0.15, -0.1) is 0 Å². The van der Waals surface area contributed by atoms with E-state index in [1.807, 2.05) is 72.8 Å². The van der Waals surface area contributed by atoms with Crippen LogP contribution in [-0.2, 0) is 9.13 Å². The molecule has 0 unspecified atom stereocenters. The Morgan fingerprint density at radius 2 is 0.469 bits per heavy atom. The summed E-state index contributed by atoms with van der Waals surface area (Å²) >= 11 is 0. The molecule has 0 fully saturated rings. The summed E-state index contributed by atoms with van der Waals surface area (Å²) in [6, 6.07) is 22.9. The largest absolute Gasteiger partial charge is 0.326 e. The molecule has 0 saturated carbocycles. The van der Waals surface area contributed by atoms with Gasteiger partial charge in [0.1, 0.15) is 0 Å². The minimum atomic E-state index is -3.13. The Labute approximate surface area is 187 Å². The number of nitrogens with zero attached hydrogens (tertiary/aromatic N) is 4. The van der Waals surface area contributed by atoms with Crippen molar-refractivity contribution in [2.75, 3.05) is 0 Å². The second-order valence-electron chi connectivity index (χ2n) is 4.66. The first-order valence-corrected chi connectivity index (χ1v) is 11.3. The molecule has 0 aliphatic heterocycles. The van der Waals surface area contributed by atoms with E-state index in [1.165, 1.54) is 0 Å². The maximum atomic E-state index is 8.74. The summed E-state index contributed by atoms with van der Waals surface area (Å²) in [6.07, 6.45) is 14.0. The second kappa shape index (κ2) is 27.9. The van der Waals surface area contributed by atoms with Crippen LogP contribution in [-0.4, -0.2) is 39.5 Å². The van der Waals surface area contributed by atoms with E-state index in [-0.39, 0.29) is 0 Å². The van der Waals surface area contributed by atoms with Gasteiger partial charge in [0, 0.05) is 49.6 Å². The van der Waals surface area contributed by atoms with Crippen LogP contribution in [0.5, 0.6) is 0 Å². The minimum Gasteiger partial charge on any atom is -0.326 e. The summed E-state index contributed by atoms with van der Waals surface area (Å²) in [5.41, 5.74) is 0. The summed E-state index contributed by atoms with van der Waals surface area (Å²) in [6.45, 7) is 0. The number of pyridine rings is 4. The zero-order chi connectivity index (χ0) is 24.1. The molecule has 0 atom stereocenters. The van der Waals surface area contributed by atoms with Gasteiger partial charge in [0.25, 0.3) is 0 Å². The molecule has 4 N–H and O–H groups in total. The smallest absolute Gasteiger partial charge is 0.314 e. The molecule has 32 heavy (non-hydrogen) atoms. The molecule has 4 rings (SSSR count). The lowest BCUT2D eigenvalue weighted by molar-refractivity contribution is 0.403. The van der Waals surface area contributed by atoms with Gasteiger partial charge in [-0.05, 0) is 48.5 Å². The van der Waals surface area contributed by atoms with E-state index in [9.17, 15) is 0 Å². The van der Waals surface area contributed by atoms with Crippen LogP contribution in [0.4, 0.5) is 0 Å². The Hall–Kier alpha value is -3.10. The highest BCUT2D eigenvalue weighted by molar-refractivity contribution is 7.31. The fourth-order valence-electron chi connectivity index (χ4n) is 1.25. The highest BCUT2D eigenvalue weighted by Crippen LogP contribution is 1.99. The Morgan fingerprint density at radius 3 is 0.500 bits per heavy atom. The summed E-state index contributed by atoms with van der Waals surface area (Å²) in [4.78, 5) is 43.8. The van der Waals surface area contributed by atoms with Crippen molar-refractivity contribution < 1.29 is 28.7 Å². The average molecular weight is 480 g/mol. The fourth-order valence-corrected chi connectivity index (χ4v) is 1.25. The van der Waals surface area contributed by atoms with Gasteiger partial charge in [0.05, 0.1) is 0 Å². The standard InChI is InChI=1S/4C5H5N.2H3O3P/c4*1-2-4-6-5-3-1;2*1-4(2)3/h4*1-5H;2*4H,(H2,1,2,3). The van der Waals surface area contributed by atoms with Crippen LogP contribution in [0.3, 0.4) is 0 Å². The highest BCUT2D eigenvalue weighted by Gasteiger charge is 1.62. The van der Waals surface area contributed by atoms with Crippen LogP contribution in [0.1, 0.15) is 0 Å². The normalized spacial score (nSPS) is 8.19.